The van der Waals surface area contributed by atoms with Gasteiger partial charge in [0.05, 0.1) is 6.10 Å². The summed E-state index contributed by atoms with van der Waals surface area (Å²) < 4.78 is 0. The molecule has 0 spiro atoms. The molecule has 15 heavy (non-hydrogen) atoms. The maximum absolute atomic E-state index is 9.60. The smallest absolute Gasteiger partial charge is 0.0587 e. The van der Waals surface area contributed by atoms with Gasteiger partial charge in [0, 0.05) is 12.5 Å². The molecule has 0 fully saturated rings. The quantitative estimate of drug-likeness (QED) is 0.551. The number of hydrogen-bond acceptors (Lipinski definition) is 2. The molecule has 2 nitrogen and oxygen atoms in total. The third-order valence-electron chi connectivity index (χ3n) is 3.05. The van der Waals surface area contributed by atoms with Crippen LogP contribution >= 0.6 is 0 Å². The Morgan fingerprint density at radius 1 is 0.933 bits per heavy atom. The van der Waals surface area contributed by atoms with Gasteiger partial charge < -0.3 is 10.2 Å². The van der Waals surface area contributed by atoms with E-state index in [1.807, 2.05) is 6.92 Å². The molecule has 0 radical (unpaired) electrons. The predicted molar refractivity (Wildman–Crippen MR) is 64.9 cm³/mol. The molecule has 0 amide bonds. The zero-order valence-corrected chi connectivity index (χ0v) is 10.4. The van der Waals surface area contributed by atoms with Gasteiger partial charge in [0.2, 0.25) is 0 Å². The fourth-order valence-electron chi connectivity index (χ4n) is 1.72. The van der Waals surface area contributed by atoms with Crippen molar-refractivity contribution in [2.75, 3.05) is 6.61 Å². The van der Waals surface area contributed by atoms with Crippen molar-refractivity contribution in [2.45, 2.75) is 71.3 Å². The first kappa shape index (κ1) is 14.9. The molecule has 92 valence electrons. The summed E-state index contributed by atoms with van der Waals surface area (Å²) in [5.74, 6) is 0.0325. The number of aliphatic hydroxyl groups excluding tert-OH is 2. The van der Waals surface area contributed by atoms with Crippen molar-refractivity contribution in [2.24, 2.45) is 5.92 Å². The van der Waals surface area contributed by atoms with Gasteiger partial charge >= 0.3 is 0 Å². The molecule has 2 atom stereocenters. The summed E-state index contributed by atoms with van der Waals surface area (Å²) in [4.78, 5) is 0. The Morgan fingerprint density at radius 3 is 2.00 bits per heavy atom. The van der Waals surface area contributed by atoms with Crippen molar-refractivity contribution in [3.8, 4) is 0 Å². The van der Waals surface area contributed by atoms with Gasteiger partial charge in [-0.05, 0) is 6.42 Å². The van der Waals surface area contributed by atoms with Crippen LogP contribution in [-0.4, -0.2) is 22.9 Å². The highest BCUT2D eigenvalue weighted by Gasteiger charge is 2.11. The topological polar surface area (TPSA) is 40.5 Å². The van der Waals surface area contributed by atoms with Crippen molar-refractivity contribution in [1.82, 2.24) is 0 Å². The van der Waals surface area contributed by atoms with E-state index < -0.39 is 0 Å². The van der Waals surface area contributed by atoms with E-state index >= 15 is 0 Å². The first-order valence-electron chi connectivity index (χ1n) is 6.51. The van der Waals surface area contributed by atoms with Crippen LogP contribution in [0.1, 0.15) is 65.2 Å². The summed E-state index contributed by atoms with van der Waals surface area (Å²) in [7, 11) is 0. The lowest BCUT2D eigenvalue weighted by molar-refractivity contribution is 0.0685. The molecule has 0 saturated heterocycles. The van der Waals surface area contributed by atoms with Gasteiger partial charge in [-0.2, -0.15) is 0 Å². The van der Waals surface area contributed by atoms with Crippen LogP contribution in [0.3, 0.4) is 0 Å². The molecule has 0 unspecified atom stereocenters. The maximum atomic E-state index is 9.60. The molecular weight excluding hydrogens is 188 g/mol. The molecule has 0 saturated carbocycles. The van der Waals surface area contributed by atoms with Crippen LogP contribution in [0.5, 0.6) is 0 Å². The average molecular weight is 216 g/mol. The first-order valence-corrected chi connectivity index (χ1v) is 6.51. The zero-order valence-electron chi connectivity index (χ0n) is 10.4. The Balaban J connectivity index is 3.16. The minimum Gasteiger partial charge on any atom is -0.396 e. The molecule has 0 heterocycles. The second-order valence-corrected chi connectivity index (χ2v) is 4.64. The first-order chi connectivity index (χ1) is 7.22. The highest BCUT2D eigenvalue weighted by Crippen LogP contribution is 2.13. The molecule has 0 aliphatic rings. The van der Waals surface area contributed by atoms with E-state index in [0.29, 0.717) is 0 Å². The molecule has 0 aromatic carbocycles. The molecule has 2 N–H and O–H groups in total. The number of aliphatic hydroxyl groups is 2. The third kappa shape index (κ3) is 8.88. The molecular formula is C13H28O2. The summed E-state index contributed by atoms with van der Waals surface area (Å²) in [6.07, 6.45) is 9.47. The number of unbranched alkanes of at least 4 members (excludes halogenated alkanes) is 6. The Labute approximate surface area is 94.7 Å². The van der Waals surface area contributed by atoms with E-state index in [2.05, 4.69) is 6.92 Å². The third-order valence-corrected chi connectivity index (χ3v) is 3.05. The van der Waals surface area contributed by atoms with Crippen molar-refractivity contribution in [3.63, 3.8) is 0 Å². The predicted octanol–water partition coefficient (Wildman–Crippen LogP) is 3.12. The summed E-state index contributed by atoms with van der Waals surface area (Å²) in [6.45, 7) is 4.22. The Bertz CT molecular complexity index is 126. The van der Waals surface area contributed by atoms with Crippen molar-refractivity contribution in [3.05, 3.63) is 0 Å². The van der Waals surface area contributed by atoms with Crippen LogP contribution in [0.15, 0.2) is 0 Å². The largest absolute Gasteiger partial charge is 0.396 e. The lowest BCUT2D eigenvalue weighted by atomic mass is 9.99. The van der Waals surface area contributed by atoms with Crippen LogP contribution in [0, 0.1) is 5.92 Å². The lowest BCUT2D eigenvalue weighted by Gasteiger charge is -2.15. The molecule has 0 aromatic rings. The minimum atomic E-state index is -0.314. The summed E-state index contributed by atoms with van der Waals surface area (Å²) in [6, 6.07) is 0. The molecule has 0 rings (SSSR count). The normalized spacial score (nSPS) is 15.2. The van der Waals surface area contributed by atoms with E-state index in [9.17, 15) is 5.11 Å². The van der Waals surface area contributed by atoms with Gasteiger partial charge in [-0.15, -0.1) is 0 Å². The van der Waals surface area contributed by atoms with Gasteiger partial charge in [-0.1, -0.05) is 58.8 Å². The van der Waals surface area contributed by atoms with Crippen LogP contribution in [0.2, 0.25) is 0 Å². The second-order valence-electron chi connectivity index (χ2n) is 4.64. The van der Waals surface area contributed by atoms with Gasteiger partial charge in [0.1, 0.15) is 0 Å². The SMILES string of the molecule is CCCCCCCCC[C@H](O)[C@@H](C)CO. The number of hydrogen-bond donors (Lipinski definition) is 2. The van der Waals surface area contributed by atoms with Crippen molar-refractivity contribution < 1.29 is 10.2 Å². The molecule has 2 heteroatoms. The fraction of sp³-hybridized carbons (Fsp3) is 1.00. The monoisotopic (exact) mass is 216 g/mol. The van der Waals surface area contributed by atoms with Crippen LogP contribution in [-0.2, 0) is 0 Å². The highest BCUT2D eigenvalue weighted by atomic mass is 16.3. The lowest BCUT2D eigenvalue weighted by Crippen LogP contribution is -2.20. The summed E-state index contributed by atoms with van der Waals surface area (Å²) in [5, 5.41) is 18.4. The van der Waals surface area contributed by atoms with Crippen LogP contribution in [0.4, 0.5) is 0 Å². The standard InChI is InChI=1S/C13H28O2/c1-3-4-5-6-7-8-9-10-13(15)12(2)11-14/h12-15H,3-11H2,1-2H3/t12-,13-/m0/s1. The average Bonchev–Trinajstić information content (AvgIpc) is 2.26. The van der Waals surface area contributed by atoms with E-state index in [4.69, 9.17) is 5.11 Å². The van der Waals surface area contributed by atoms with E-state index in [1.54, 1.807) is 0 Å². The number of rotatable bonds is 10. The second kappa shape index (κ2) is 10.4. The van der Waals surface area contributed by atoms with Gasteiger partial charge in [-0.25, -0.2) is 0 Å². The Kier molecular flexibility index (Phi) is 10.4. The maximum Gasteiger partial charge on any atom is 0.0587 e. The van der Waals surface area contributed by atoms with Crippen LogP contribution in [0.25, 0.3) is 0 Å². The minimum absolute atomic E-state index is 0.0325. The van der Waals surface area contributed by atoms with Crippen molar-refractivity contribution in [1.29, 1.82) is 0 Å². The van der Waals surface area contributed by atoms with Gasteiger partial charge in [-0.3, -0.25) is 0 Å². The zero-order chi connectivity index (χ0) is 11.5. The van der Waals surface area contributed by atoms with Gasteiger partial charge in [0.15, 0.2) is 0 Å². The van der Waals surface area contributed by atoms with Crippen molar-refractivity contribution >= 4 is 0 Å². The van der Waals surface area contributed by atoms with E-state index in [0.717, 1.165) is 12.8 Å². The van der Waals surface area contributed by atoms with E-state index in [1.165, 1.54) is 38.5 Å². The molecule has 0 bridgehead atoms. The molecule has 0 aromatic heterocycles. The van der Waals surface area contributed by atoms with Crippen LogP contribution < -0.4 is 0 Å². The summed E-state index contributed by atoms with van der Waals surface area (Å²) >= 11 is 0. The molecule has 0 aliphatic heterocycles. The highest BCUT2D eigenvalue weighted by molar-refractivity contribution is 4.63. The Morgan fingerprint density at radius 2 is 1.47 bits per heavy atom. The fourth-order valence-corrected chi connectivity index (χ4v) is 1.72. The van der Waals surface area contributed by atoms with E-state index in [-0.39, 0.29) is 18.6 Å². The van der Waals surface area contributed by atoms with Gasteiger partial charge in [0.25, 0.3) is 0 Å². The summed E-state index contributed by atoms with van der Waals surface area (Å²) in [5.41, 5.74) is 0. The molecule has 0 aliphatic carbocycles. The Hall–Kier alpha value is -0.0800.